The predicted octanol–water partition coefficient (Wildman–Crippen LogP) is 1.23. The van der Waals surface area contributed by atoms with Crippen LogP contribution in [0.15, 0.2) is 4.99 Å². The van der Waals surface area contributed by atoms with Crippen molar-refractivity contribution in [2.24, 2.45) is 4.99 Å². The summed E-state index contributed by atoms with van der Waals surface area (Å²) in [6.45, 7) is 2.86. The van der Waals surface area contributed by atoms with Crippen LogP contribution >= 0.6 is 11.8 Å². The SMILES string of the molecule is CCC1CCSC(=NCCS(C)=O)N1. The number of hydrogen-bond acceptors (Lipinski definition) is 3. The quantitative estimate of drug-likeness (QED) is 0.795. The summed E-state index contributed by atoms with van der Waals surface area (Å²) in [6, 6.07) is 0.585. The summed E-state index contributed by atoms with van der Waals surface area (Å²) in [5.74, 6) is 1.82. The topological polar surface area (TPSA) is 41.5 Å². The minimum absolute atomic E-state index is 0.585. The minimum Gasteiger partial charge on any atom is -0.362 e. The van der Waals surface area contributed by atoms with Gasteiger partial charge in [0.25, 0.3) is 0 Å². The molecule has 0 spiro atoms. The van der Waals surface area contributed by atoms with Gasteiger partial charge in [0.05, 0.1) is 6.54 Å². The van der Waals surface area contributed by atoms with Crippen molar-refractivity contribution in [2.45, 2.75) is 25.8 Å². The van der Waals surface area contributed by atoms with Crippen LogP contribution in [0.3, 0.4) is 0 Å². The van der Waals surface area contributed by atoms with Crippen molar-refractivity contribution in [3.63, 3.8) is 0 Å². The third-order valence-corrected chi connectivity index (χ3v) is 3.88. The Kier molecular flexibility index (Phi) is 5.55. The van der Waals surface area contributed by atoms with Gasteiger partial charge in [0, 0.05) is 34.6 Å². The van der Waals surface area contributed by atoms with Gasteiger partial charge >= 0.3 is 0 Å². The van der Waals surface area contributed by atoms with Crippen molar-refractivity contribution in [1.29, 1.82) is 0 Å². The second kappa shape index (κ2) is 6.45. The first-order chi connectivity index (χ1) is 6.72. The summed E-state index contributed by atoms with van der Waals surface area (Å²) in [5.41, 5.74) is 0. The van der Waals surface area contributed by atoms with Gasteiger partial charge in [-0.05, 0) is 12.8 Å². The molecule has 14 heavy (non-hydrogen) atoms. The molecule has 0 aromatic heterocycles. The first-order valence-electron chi connectivity index (χ1n) is 4.96. The van der Waals surface area contributed by atoms with Crippen molar-refractivity contribution in [3.05, 3.63) is 0 Å². The Bertz CT molecular complexity index is 231. The molecule has 1 aliphatic rings. The van der Waals surface area contributed by atoms with E-state index in [2.05, 4.69) is 17.2 Å². The number of rotatable bonds is 4. The summed E-state index contributed by atoms with van der Waals surface area (Å²) in [6.07, 6.45) is 4.09. The van der Waals surface area contributed by atoms with E-state index in [9.17, 15) is 4.21 Å². The van der Waals surface area contributed by atoms with Gasteiger partial charge in [-0.15, -0.1) is 0 Å². The Hall–Kier alpha value is -0.0300. The van der Waals surface area contributed by atoms with Crippen LogP contribution in [0.5, 0.6) is 0 Å². The smallest absolute Gasteiger partial charge is 0.156 e. The van der Waals surface area contributed by atoms with E-state index in [1.165, 1.54) is 6.42 Å². The molecule has 5 heteroatoms. The van der Waals surface area contributed by atoms with Crippen molar-refractivity contribution in [2.75, 3.05) is 24.3 Å². The fourth-order valence-corrected chi connectivity index (χ4v) is 2.64. The largest absolute Gasteiger partial charge is 0.362 e. The summed E-state index contributed by atoms with van der Waals surface area (Å²) < 4.78 is 10.8. The number of aliphatic imine (C=N–C) groups is 1. The molecule has 0 radical (unpaired) electrons. The van der Waals surface area contributed by atoms with Crippen LogP contribution in [0.25, 0.3) is 0 Å². The maximum absolute atomic E-state index is 10.8. The van der Waals surface area contributed by atoms with Crippen molar-refractivity contribution in [1.82, 2.24) is 5.32 Å². The molecule has 2 unspecified atom stereocenters. The molecule has 1 rings (SSSR count). The Morgan fingerprint density at radius 2 is 2.50 bits per heavy atom. The zero-order valence-electron chi connectivity index (χ0n) is 8.78. The Morgan fingerprint density at radius 3 is 3.14 bits per heavy atom. The molecular formula is C9H18N2OS2. The van der Waals surface area contributed by atoms with Gasteiger partial charge in [-0.25, -0.2) is 0 Å². The van der Waals surface area contributed by atoms with Gasteiger partial charge < -0.3 is 5.32 Å². The van der Waals surface area contributed by atoms with Gasteiger partial charge in [-0.1, -0.05) is 18.7 Å². The Labute approximate surface area is 92.6 Å². The number of nitrogens with one attached hydrogen (secondary N) is 1. The summed E-state index contributed by atoms with van der Waals surface area (Å²) in [5, 5.41) is 4.43. The lowest BCUT2D eigenvalue weighted by atomic mass is 10.2. The predicted molar refractivity (Wildman–Crippen MR) is 65.5 cm³/mol. The molecule has 0 amide bonds. The highest BCUT2D eigenvalue weighted by molar-refractivity contribution is 8.13. The lowest BCUT2D eigenvalue weighted by Crippen LogP contribution is -2.37. The highest BCUT2D eigenvalue weighted by atomic mass is 32.2. The van der Waals surface area contributed by atoms with Crippen molar-refractivity contribution in [3.8, 4) is 0 Å². The van der Waals surface area contributed by atoms with Crippen LogP contribution in [-0.4, -0.2) is 39.7 Å². The second-order valence-corrected chi connectivity index (χ2v) is 5.99. The van der Waals surface area contributed by atoms with Crippen molar-refractivity contribution >= 4 is 27.7 Å². The molecule has 82 valence electrons. The maximum atomic E-state index is 10.8. The first-order valence-corrected chi connectivity index (χ1v) is 7.67. The number of thioether (sulfide) groups is 1. The van der Waals surface area contributed by atoms with E-state index in [1.807, 2.05) is 0 Å². The Balaban J connectivity index is 2.31. The molecule has 1 fully saturated rings. The average Bonchev–Trinajstić information content (AvgIpc) is 2.18. The monoisotopic (exact) mass is 234 g/mol. The minimum atomic E-state index is -0.725. The maximum Gasteiger partial charge on any atom is 0.156 e. The second-order valence-electron chi connectivity index (χ2n) is 3.35. The molecule has 3 nitrogen and oxygen atoms in total. The van der Waals surface area contributed by atoms with E-state index in [-0.39, 0.29) is 0 Å². The summed E-state index contributed by atoms with van der Waals surface area (Å²) >= 11 is 1.77. The molecule has 1 aliphatic heterocycles. The Morgan fingerprint density at radius 1 is 1.71 bits per heavy atom. The average molecular weight is 234 g/mol. The highest BCUT2D eigenvalue weighted by Crippen LogP contribution is 2.15. The molecule has 2 atom stereocenters. The molecule has 0 bridgehead atoms. The lowest BCUT2D eigenvalue weighted by molar-refractivity contribution is 0.571. The molecule has 0 aromatic rings. The van der Waals surface area contributed by atoms with Crippen LogP contribution in [-0.2, 0) is 10.8 Å². The van der Waals surface area contributed by atoms with E-state index in [0.29, 0.717) is 18.3 Å². The van der Waals surface area contributed by atoms with E-state index >= 15 is 0 Å². The van der Waals surface area contributed by atoms with Crippen LogP contribution in [0.1, 0.15) is 19.8 Å². The molecule has 0 aromatic carbocycles. The standard InChI is InChI=1S/C9H18N2OS2/c1-3-8-4-6-13-9(11-8)10-5-7-14(2)12/h8H,3-7H2,1-2H3,(H,10,11). The third-order valence-electron chi connectivity index (χ3n) is 2.16. The van der Waals surface area contributed by atoms with Gasteiger partial charge in [-0.3, -0.25) is 9.20 Å². The molecule has 1 saturated heterocycles. The molecule has 0 saturated carbocycles. The zero-order valence-corrected chi connectivity index (χ0v) is 10.4. The van der Waals surface area contributed by atoms with E-state index in [0.717, 1.165) is 17.3 Å². The van der Waals surface area contributed by atoms with Crippen LogP contribution < -0.4 is 5.32 Å². The third kappa shape index (κ3) is 4.46. The van der Waals surface area contributed by atoms with Crippen LogP contribution in [0.2, 0.25) is 0 Å². The van der Waals surface area contributed by atoms with E-state index in [1.54, 1.807) is 18.0 Å². The summed E-state index contributed by atoms with van der Waals surface area (Å²) in [7, 11) is -0.725. The molecule has 1 N–H and O–H groups in total. The number of nitrogens with zero attached hydrogens (tertiary/aromatic N) is 1. The molecule has 1 heterocycles. The number of hydrogen-bond donors (Lipinski definition) is 1. The fourth-order valence-electron chi connectivity index (χ4n) is 1.26. The van der Waals surface area contributed by atoms with E-state index in [4.69, 9.17) is 0 Å². The van der Waals surface area contributed by atoms with Gasteiger partial charge in [-0.2, -0.15) is 0 Å². The zero-order chi connectivity index (χ0) is 10.4. The molecule has 0 aliphatic carbocycles. The van der Waals surface area contributed by atoms with Gasteiger partial charge in [0.1, 0.15) is 0 Å². The van der Waals surface area contributed by atoms with Crippen molar-refractivity contribution < 1.29 is 4.21 Å². The first kappa shape index (κ1) is 12.0. The summed E-state index contributed by atoms with van der Waals surface area (Å²) in [4.78, 5) is 4.40. The number of amidine groups is 1. The molecular weight excluding hydrogens is 216 g/mol. The van der Waals surface area contributed by atoms with Gasteiger partial charge in [0.2, 0.25) is 0 Å². The lowest BCUT2D eigenvalue weighted by Gasteiger charge is -2.24. The highest BCUT2D eigenvalue weighted by Gasteiger charge is 2.14. The van der Waals surface area contributed by atoms with Crippen LogP contribution in [0.4, 0.5) is 0 Å². The normalized spacial score (nSPS) is 27.3. The van der Waals surface area contributed by atoms with Gasteiger partial charge in [0.15, 0.2) is 5.17 Å². The van der Waals surface area contributed by atoms with E-state index < -0.39 is 10.8 Å². The van der Waals surface area contributed by atoms with Crippen LogP contribution in [0, 0.1) is 0 Å². The fraction of sp³-hybridized carbons (Fsp3) is 0.889.